The van der Waals surface area contributed by atoms with Crippen molar-refractivity contribution in [1.82, 2.24) is 26.0 Å². The van der Waals surface area contributed by atoms with Gasteiger partial charge in [-0.3, -0.25) is 24.0 Å². The largest absolute Gasteiger partial charge is 0.480 e. The van der Waals surface area contributed by atoms with Gasteiger partial charge in [0.25, 0.3) is 0 Å². The number of aliphatic carboxylic acids is 1. The van der Waals surface area contributed by atoms with Crippen molar-refractivity contribution < 1.29 is 42.3 Å². The maximum atomic E-state index is 13.1. The van der Waals surface area contributed by atoms with Gasteiger partial charge < -0.3 is 37.0 Å². The van der Waals surface area contributed by atoms with Gasteiger partial charge in [-0.05, 0) is 30.9 Å². The monoisotopic (exact) mass is 709 g/mol. The predicted molar refractivity (Wildman–Crippen MR) is 182 cm³/mol. The van der Waals surface area contributed by atoms with Crippen molar-refractivity contribution in [1.29, 1.82) is 0 Å². The maximum Gasteiger partial charge on any atom is 0.326 e. The number of thiol groups is 1. The Morgan fingerprint density at radius 3 is 2.04 bits per heavy atom. The van der Waals surface area contributed by atoms with E-state index < -0.39 is 76.7 Å². The van der Waals surface area contributed by atoms with Gasteiger partial charge in [0.05, 0.1) is 18.0 Å². The summed E-state index contributed by atoms with van der Waals surface area (Å²) < 4.78 is 28.5. The fourth-order valence-corrected chi connectivity index (χ4v) is 6.08. The Bertz CT molecular complexity index is 1620. The normalized spacial score (nSPS) is 13.2. The summed E-state index contributed by atoms with van der Waals surface area (Å²) in [7, 11) is -0.496. The quantitative estimate of drug-likeness (QED) is 0.0834. The van der Waals surface area contributed by atoms with Crippen LogP contribution in [0.4, 0.5) is 5.69 Å². The zero-order valence-corrected chi connectivity index (χ0v) is 28.8. The molecule has 0 fully saturated rings. The third-order valence-corrected chi connectivity index (χ3v) is 8.79. The number of hydrogen-bond donors (Lipinski definition) is 8. The van der Waals surface area contributed by atoms with Gasteiger partial charge in [-0.1, -0.05) is 38.1 Å². The van der Waals surface area contributed by atoms with Crippen LogP contribution >= 0.6 is 12.6 Å². The van der Waals surface area contributed by atoms with E-state index in [4.69, 9.17) is 5.73 Å². The van der Waals surface area contributed by atoms with Gasteiger partial charge in [-0.2, -0.15) is 12.6 Å². The molecule has 0 heterocycles. The number of nitrogens with one attached hydrogen (secondary N) is 5. The molecule has 0 bridgehead atoms. The molecule has 0 saturated heterocycles. The average molecular weight is 710 g/mol. The number of nitrogens with two attached hydrogens (primary N) is 1. The Morgan fingerprint density at radius 1 is 0.854 bits per heavy atom. The van der Waals surface area contributed by atoms with Gasteiger partial charge in [0.15, 0.2) is 0 Å². The van der Waals surface area contributed by atoms with Crippen LogP contribution in [0.2, 0.25) is 0 Å². The average Bonchev–Trinajstić information content (AvgIpc) is 3.01. The smallest absolute Gasteiger partial charge is 0.326 e. The molecule has 2 aromatic carbocycles. The molecule has 18 heteroatoms. The molecule has 2 aromatic rings. The van der Waals surface area contributed by atoms with E-state index in [0.717, 1.165) is 5.69 Å². The minimum atomic E-state index is -4.15. The molecule has 0 aromatic heterocycles. The second-order valence-electron chi connectivity index (χ2n) is 11.5. The molecule has 264 valence electrons. The molecule has 48 heavy (non-hydrogen) atoms. The molecule has 3 atom stereocenters. The zero-order chi connectivity index (χ0) is 36.2. The lowest BCUT2D eigenvalue weighted by atomic mass is 10.0. The highest BCUT2D eigenvalue weighted by molar-refractivity contribution is 7.89. The number of fused-ring (bicyclic) bond motifs is 1. The number of carbonyl (C=O) groups excluding carboxylic acids is 5. The summed E-state index contributed by atoms with van der Waals surface area (Å²) in [6.07, 6.45) is -0.399. The first-order valence-electron chi connectivity index (χ1n) is 14.9. The minimum Gasteiger partial charge on any atom is -0.480 e. The molecule has 0 unspecified atom stereocenters. The maximum absolute atomic E-state index is 13.1. The highest BCUT2D eigenvalue weighted by Gasteiger charge is 2.28. The molecule has 2 rings (SSSR count). The van der Waals surface area contributed by atoms with Crippen LogP contribution < -0.4 is 36.6 Å². The van der Waals surface area contributed by atoms with E-state index in [-0.39, 0.29) is 35.8 Å². The van der Waals surface area contributed by atoms with E-state index in [0.29, 0.717) is 10.8 Å². The van der Waals surface area contributed by atoms with E-state index >= 15 is 0 Å². The first-order valence-corrected chi connectivity index (χ1v) is 17.1. The van der Waals surface area contributed by atoms with Crippen LogP contribution in [0, 0.1) is 5.92 Å². The number of hydrogen-bond acceptors (Lipinski definition) is 10. The summed E-state index contributed by atoms with van der Waals surface area (Å²) >= 11 is 4.06. The van der Waals surface area contributed by atoms with E-state index in [1.54, 1.807) is 38.1 Å². The highest BCUT2D eigenvalue weighted by atomic mass is 32.2. The number of sulfonamides is 1. The number of carbonyl (C=O) groups is 6. The van der Waals surface area contributed by atoms with Crippen LogP contribution in [0.15, 0.2) is 41.3 Å². The van der Waals surface area contributed by atoms with E-state index in [1.165, 1.54) is 6.07 Å². The zero-order valence-electron chi connectivity index (χ0n) is 27.1. The summed E-state index contributed by atoms with van der Waals surface area (Å²) in [5.41, 5.74) is 5.97. The summed E-state index contributed by atoms with van der Waals surface area (Å²) in [4.78, 5) is 75.4. The number of primary amides is 1. The van der Waals surface area contributed by atoms with Crippen LogP contribution in [0.25, 0.3) is 10.8 Å². The molecule has 0 aliphatic heterocycles. The van der Waals surface area contributed by atoms with Crippen LogP contribution in [-0.4, -0.2) is 100 Å². The lowest BCUT2D eigenvalue weighted by Gasteiger charge is -2.22. The van der Waals surface area contributed by atoms with Crippen LogP contribution in [0.1, 0.15) is 33.1 Å². The van der Waals surface area contributed by atoms with Crippen molar-refractivity contribution in [3.63, 3.8) is 0 Å². The number of anilines is 1. The molecule has 0 aliphatic carbocycles. The minimum absolute atomic E-state index is 0.0350. The molecule has 5 amide bonds. The van der Waals surface area contributed by atoms with Crippen molar-refractivity contribution in [3.05, 3.63) is 36.4 Å². The van der Waals surface area contributed by atoms with Crippen molar-refractivity contribution in [2.45, 2.75) is 56.1 Å². The Morgan fingerprint density at radius 2 is 1.46 bits per heavy atom. The molecule has 8 N–H and O–H groups in total. The number of carboxylic acid groups (broad SMARTS) is 1. The van der Waals surface area contributed by atoms with Gasteiger partial charge in [0, 0.05) is 42.7 Å². The standard InChI is InChI=1S/C30H43N7O9S2/c1-17(2)13-21(30(43)44)36-29(42)20(11-12-25(31)38)34-26(39)14-32-28(41)22(16-47)35-27(40)15-33-48(45,46)24-10-6-7-18-19(24)8-5-9-23(18)37(3)4/h5-10,17,20-22,33,47H,11-16H2,1-4H3,(H2,31,38)(H,32,41)(H,34,39)(H,35,40)(H,36,42)(H,43,44)/t20-,21-,22-/m0/s1. The third kappa shape index (κ3) is 12.0. The summed E-state index contributed by atoms with van der Waals surface area (Å²) in [6.45, 7) is 2.18. The summed E-state index contributed by atoms with van der Waals surface area (Å²) in [5, 5.41) is 19.9. The predicted octanol–water partition coefficient (Wildman–Crippen LogP) is -0.919. The molecule has 16 nitrogen and oxygen atoms in total. The highest BCUT2D eigenvalue weighted by Crippen LogP contribution is 2.30. The first kappa shape index (κ1) is 39.8. The van der Waals surface area contributed by atoms with Crippen molar-refractivity contribution in [2.75, 3.05) is 37.8 Å². The van der Waals surface area contributed by atoms with E-state index in [2.05, 4.69) is 38.6 Å². The van der Waals surface area contributed by atoms with Crippen molar-refractivity contribution in [2.24, 2.45) is 11.7 Å². The fourth-order valence-electron chi connectivity index (χ4n) is 4.62. The number of carboxylic acids is 1. The fraction of sp³-hybridized carbons (Fsp3) is 0.467. The van der Waals surface area contributed by atoms with Gasteiger partial charge in [0.2, 0.25) is 39.6 Å². The Kier molecular flexibility index (Phi) is 15.1. The summed E-state index contributed by atoms with van der Waals surface area (Å²) in [6, 6.07) is 6.17. The molecule has 0 radical (unpaired) electrons. The van der Waals surface area contributed by atoms with Crippen molar-refractivity contribution >= 4 is 74.6 Å². The topological polar surface area (TPSA) is 246 Å². The number of benzene rings is 2. The van der Waals surface area contributed by atoms with Gasteiger partial charge in [-0.25, -0.2) is 17.9 Å². The summed E-state index contributed by atoms with van der Waals surface area (Å²) in [5.74, 6) is -5.69. The third-order valence-electron chi connectivity index (χ3n) is 6.96. The molecular weight excluding hydrogens is 667 g/mol. The van der Waals surface area contributed by atoms with E-state index in [1.807, 2.05) is 25.1 Å². The lowest BCUT2D eigenvalue weighted by Crippen LogP contribution is -2.55. The molecular formula is C30H43N7O9S2. The van der Waals surface area contributed by atoms with Crippen molar-refractivity contribution in [3.8, 4) is 0 Å². The number of amides is 5. The second-order valence-corrected chi connectivity index (χ2v) is 13.6. The van der Waals surface area contributed by atoms with Gasteiger partial charge in [0.1, 0.15) is 18.1 Å². The van der Waals surface area contributed by atoms with Crippen LogP contribution in [-0.2, 0) is 38.8 Å². The van der Waals surface area contributed by atoms with Crippen LogP contribution in [0.5, 0.6) is 0 Å². The van der Waals surface area contributed by atoms with Crippen LogP contribution in [0.3, 0.4) is 0 Å². The van der Waals surface area contributed by atoms with E-state index in [9.17, 15) is 42.3 Å². The SMILES string of the molecule is CC(C)C[C@H](NC(=O)[C@H](CCC(N)=O)NC(=O)CNC(=O)[C@H](CS)NC(=O)CNS(=O)(=O)c1cccc2c(N(C)C)cccc12)C(=O)O. The molecule has 0 aliphatic rings. The molecule has 0 saturated carbocycles. The number of rotatable bonds is 19. The Hall–Kier alpha value is -4.42. The number of nitrogens with zero attached hydrogens (tertiary/aromatic N) is 1. The lowest BCUT2D eigenvalue weighted by molar-refractivity contribution is -0.142. The van der Waals surface area contributed by atoms with Gasteiger partial charge >= 0.3 is 5.97 Å². The Labute approximate surface area is 284 Å². The first-order chi connectivity index (χ1) is 22.5. The molecule has 0 spiro atoms. The second kappa shape index (κ2) is 18.2. The van der Waals surface area contributed by atoms with Gasteiger partial charge in [-0.15, -0.1) is 0 Å². The Balaban J connectivity index is 2.00.